The fraction of sp³-hybridized carbons (Fsp3) is 0.308. The molecular formula is C26H28BrN5O. The van der Waals surface area contributed by atoms with Crippen molar-refractivity contribution >= 4 is 38.4 Å². The van der Waals surface area contributed by atoms with Crippen LogP contribution in [0, 0.1) is 6.92 Å². The average Bonchev–Trinajstić information content (AvgIpc) is 3.39. The molecule has 3 heterocycles. The van der Waals surface area contributed by atoms with Crippen LogP contribution < -0.4 is 10.2 Å². The van der Waals surface area contributed by atoms with Gasteiger partial charge in [-0.3, -0.25) is 9.48 Å². The number of carbonyl (C=O) groups is 1. The van der Waals surface area contributed by atoms with Gasteiger partial charge >= 0.3 is 0 Å². The maximum absolute atomic E-state index is 13.0. The Morgan fingerprint density at radius 1 is 1.21 bits per heavy atom. The minimum absolute atomic E-state index is 0.00874. The first-order valence-corrected chi connectivity index (χ1v) is 11.9. The number of halogens is 1. The number of para-hydroxylation sites is 1. The van der Waals surface area contributed by atoms with Crippen LogP contribution in [0.25, 0.3) is 10.9 Å². The lowest BCUT2D eigenvalue weighted by molar-refractivity contribution is 0.0950. The van der Waals surface area contributed by atoms with Gasteiger partial charge in [-0.05, 0) is 58.1 Å². The van der Waals surface area contributed by atoms with Crippen LogP contribution in [0.4, 0.5) is 5.69 Å². The first-order valence-electron chi connectivity index (χ1n) is 11.2. The highest BCUT2D eigenvalue weighted by atomic mass is 79.9. The summed E-state index contributed by atoms with van der Waals surface area (Å²) < 4.78 is 2.98. The van der Waals surface area contributed by atoms with Crippen molar-refractivity contribution in [1.82, 2.24) is 20.1 Å². The quantitative estimate of drug-likeness (QED) is 0.391. The Bertz CT molecular complexity index is 1330. The normalized spacial score (nSPS) is 14.6. The van der Waals surface area contributed by atoms with Gasteiger partial charge < -0.3 is 15.2 Å². The van der Waals surface area contributed by atoms with Crippen LogP contribution in [0.15, 0.2) is 53.0 Å². The molecular weight excluding hydrogens is 478 g/mol. The summed E-state index contributed by atoms with van der Waals surface area (Å²) in [5, 5.41) is 8.75. The zero-order valence-electron chi connectivity index (χ0n) is 19.4. The second-order valence-electron chi connectivity index (χ2n) is 9.51. The molecule has 2 aromatic carbocycles. The second-order valence-corrected chi connectivity index (χ2v) is 10.3. The fourth-order valence-corrected chi connectivity index (χ4v) is 5.30. The Kier molecular flexibility index (Phi) is 5.32. The number of aromatic amines is 1. The molecule has 1 amide bonds. The van der Waals surface area contributed by atoms with E-state index in [4.69, 9.17) is 0 Å². The lowest BCUT2D eigenvalue weighted by atomic mass is 9.86. The molecule has 4 aromatic rings. The summed E-state index contributed by atoms with van der Waals surface area (Å²) in [6.07, 6.45) is 0. The van der Waals surface area contributed by atoms with Crippen LogP contribution in [0.2, 0.25) is 0 Å². The predicted molar refractivity (Wildman–Crippen MR) is 136 cm³/mol. The second kappa shape index (κ2) is 8.06. The molecule has 0 aliphatic carbocycles. The third-order valence-electron chi connectivity index (χ3n) is 6.54. The highest BCUT2D eigenvalue weighted by molar-refractivity contribution is 9.10. The Morgan fingerprint density at radius 2 is 2.00 bits per heavy atom. The molecule has 6 nitrogen and oxygen atoms in total. The molecule has 7 heteroatoms. The van der Waals surface area contributed by atoms with E-state index < -0.39 is 0 Å². The number of anilines is 1. The van der Waals surface area contributed by atoms with Crippen molar-refractivity contribution in [2.75, 3.05) is 11.4 Å². The molecule has 5 rings (SSSR count). The van der Waals surface area contributed by atoms with Crippen molar-refractivity contribution in [3.63, 3.8) is 0 Å². The highest BCUT2D eigenvalue weighted by Gasteiger charge is 2.36. The van der Waals surface area contributed by atoms with E-state index in [9.17, 15) is 4.79 Å². The maximum atomic E-state index is 13.0. The number of nitrogens with zero attached hydrogens (tertiary/aromatic N) is 3. The highest BCUT2D eigenvalue weighted by Crippen LogP contribution is 2.42. The molecule has 0 saturated heterocycles. The van der Waals surface area contributed by atoms with Gasteiger partial charge in [-0.15, -0.1) is 0 Å². The zero-order valence-corrected chi connectivity index (χ0v) is 21.0. The minimum Gasteiger partial charge on any atom is -0.364 e. The number of amides is 1. The summed E-state index contributed by atoms with van der Waals surface area (Å²) >= 11 is 3.69. The lowest BCUT2D eigenvalue weighted by Gasteiger charge is -2.22. The van der Waals surface area contributed by atoms with Crippen LogP contribution in [-0.4, -0.2) is 27.2 Å². The van der Waals surface area contributed by atoms with Gasteiger partial charge in [-0.25, -0.2) is 0 Å². The lowest BCUT2D eigenvalue weighted by Crippen LogP contribution is -2.29. The van der Waals surface area contributed by atoms with Gasteiger partial charge in [-0.1, -0.05) is 38.1 Å². The van der Waals surface area contributed by atoms with E-state index in [0.29, 0.717) is 12.1 Å². The zero-order chi connectivity index (χ0) is 23.3. The molecule has 0 bridgehead atoms. The number of nitrogens with one attached hydrogen (secondary N) is 2. The molecule has 0 atom stereocenters. The third kappa shape index (κ3) is 3.95. The molecule has 0 radical (unpaired) electrons. The molecule has 0 saturated carbocycles. The largest absolute Gasteiger partial charge is 0.364 e. The summed E-state index contributed by atoms with van der Waals surface area (Å²) in [5.41, 5.74) is 7.25. The van der Waals surface area contributed by atoms with Crippen molar-refractivity contribution in [3.8, 4) is 0 Å². The Morgan fingerprint density at radius 3 is 2.73 bits per heavy atom. The van der Waals surface area contributed by atoms with Gasteiger partial charge in [0.15, 0.2) is 0 Å². The van der Waals surface area contributed by atoms with Crippen molar-refractivity contribution in [3.05, 3.63) is 81.2 Å². The van der Waals surface area contributed by atoms with Crippen LogP contribution in [0.5, 0.6) is 0 Å². The van der Waals surface area contributed by atoms with Crippen molar-refractivity contribution in [1.29, 1.82) is 0 Å². The van der Waals surface area contributed by atoms with E-state index in [1.165, 1.54) is 5.56 Å². The smallest absolute Gasteiger partial charge is 0.251 e. The van der Waals surface area contributed by atoms with Crippen molar-refractivity contribution in [2.24, 2.45) is 7.05 Å². The molecule has 33 heavy (non-hydrogen) atoms. The van der Waals surface area contributed by atoms with E-state index in [1.807, 2.05) is 49.0 Å². The first-order chi connectivity index (χ1) is 15.7. The number of rotatable bonds is 5. The van der Waals surface area contributed by atoms with E-state index in [2.05, 4.69) is 68.3 Å². The minimum atomic E-state index is -0.0707. The van der Waals surface area contributed by atoms with Crippen LogP contribution in [0.1, 0.15) is 46.9 Å². The number of aromatic nitrogens is 3. The van der Waals surface area contributed by atoms with E-state index in [-0.39, 0.29) is 11.3 Å². The SMILES string of the molecule is Cc1nn(C)c(CN2CC(C)(C)c3ccc(C(=O)NCc4cc5ccccc5[nH]4)cc32)c1Br. The van der Waals surface area contributed by atoms with Crippen LogP contribution >= 0.6 is 15.9 Å². The van der Waals surface area contributed by atoms with Gasteiger partial charge in [0.1, 0.15) is 0 Å². The maximum Gasteiger partial charge on any atom is 0.251 e. The number of aryl methyl sites for hydroxylation is 2. The number of fused-ring (bicyclic) bond motifs is 2. The average molecular weight is 506 g/mol. The first kappa shape index (κ1) is 21.8. The molecule has 170 valence electrons. The van der Waals surface area contributed by atoms with Gasteiger partial charge in [0.25, 0.3) is 5.91 Å². The predicted octanol–water partition coefficient (Wildman–Crippen LogP) is 5.20. The van der Waals surface area contributed by atoms with E-state index >= 15 is 0 Å². The van der Waals surface area contributed by atoms with Crippen molar-refractivity contribution in [2.45, 2.75) is 39.3 Å². The summed E-state index contributed by atoms with van der Waals surface area (Å²) in [5.74, 6) is -0.0707. The number of hydrogen-bond acceptors (Lipinski definition) is 3. The van der Waals surface area contributed by atoms with Gasteiger partial charge in [0.05, 0.1) is 29.0 Å². The van der Waals surface area contributed by atoms with Crippen LogP contribution in [-0.2, 0) is 25.6 Å². The van der Waals surface area contributed by atoms with E-state index in [0.717, 1.165) is 51.2 Å². The van der Waals surface area contributed by atoms with Gasteiger partial charge in [-0.2, -0.15) is 5.10 Å². The summed E-state index contributed by atoms with van der Waals surface area (Å²) in [4.78, 5) is 18.7. The standard InChI is InChI=1S/C26H28BrN5O/c1-16-24(27)23(31(4)30-16)14-32-15-26(2,3)20-10-9-18(12-22(20)32)25(33)28-13-19-11-17-7-5-6-8-21(17)29-19/h5-12,29H,13-15H2,1-4H3,(H,28,33). The molecule has 0 unspecified atom stereocenters. The van der Waals surface area contributed by atoms with Crippen LogP contribution in [0.3, 0.4) is 0 Å². The molecule has 1 aliphatic rings. The third-order valence-corrected chi connectivity index (χ3v) is 7.57. The molecule has 1 aliphatic heterocycles. The fourth-order valence-electron chi connectivity index (χ4n) is 4.83. The summed E-state index contributed by atoms with van der Waals surface area (Å²) in [6, 6.07) is 16.3. The summed E-state index contributed by atoms with van der Waals surface area (Å²) in [6.45, 7) is 8.59. The molecule has 2 aromatic heterocycles. The molecule has 2 N–H and O–H groups in total. The number of H-pyrrole nitrogens is 1. The molecule has 0 fully saturated rings. The molecule has 0 spiro atoms. The monoisotopic (exact) mass is 505 g/mol. The Hall–Kier alpha value is -3.06. The summed E-state index contributed by atoms with van der Waals surface area (Å²) in [7, 11) is 1.98. The number of benzene rings is 2. The van der Waals surface area contributed by atoms with Crippen molar-refractivity contribution < 1.29 is 4.79 Å². The topological polar surface area (TPSA) is 66.0 Å². The number of carbonyl (C=O) groups excluding carboxylic acids is 1. The van der Waals surface area contributed by atoms with Gasteiger partial charge in [0.2, 0.25) is 0 Å². The Balaban J connectivity index is 1.37. The van der Waals surface area contributed by atoms with Gasteiger partial charge in [0, 0.05) is 41.5 Å². The Labute approximate surface area is 202 Å². The number of hydrogen-bond donors (Lipinski definition) is 2. The van der Waals surface area contributed by atoms with E-state index in [1.54, 1.807) is 0 Å².